The molecule has 0 aromatic heterocycles. The first-order valence-corrected chi connectivity index (χ1v) is 7.12. The summed E-state index contributed by atoms with van der Waals surface area (Å²) in [6.45, 7) is 4.56. The second-order valence-corrected chi connectivity index (χ2v) is 7.17. The fourth-order valence-electron chi connectivity index (χ4n) is 1.23. The number of halogens is 1. The summed E-state index contributed by atoms with van der Waals surface area (Å²) < 4.78 is 0. The zero-order chi connectivity index (χ0) is 8.27. The molecule has 11 heavy (non-hydrogen) atoms. The van der Waals surface area contributed by atoms with Crippen molar-refractivity contribution in [1.82, 2.24) is 0 Å². The van der Waals surface area contributed by atoms with Crippen molar-refractivity contribution in [2.24, 2.45) is 5.92 Å². The lowest BCUT2D eigenvalue weighted by Crippen LogP contribution is -2.15. The fraction of sp³-hybridized carbons (Fsp3) is 1.00. The van der Waals surface area contributed by atoms with Gasteiger partial charge in [0, 0.05) is 0 Å². The van der Waals surface area contributed by atoms with Crippen LogP contribution in [0.1, 0.15) is 39.5 Å². The molecule has 1 fully saturated rings. The number of hydrogen-bond acceptors (Lipinski definition) is 0. The van der Waals surface area contributed by atoms with E-state index in [1.807, 2.05) is 0 Å². The van der Waals surface area contributed by atoms with Gasteiger partial charge in [0.05, 0.1) is 0 Å². The number of rotatable bonds is 4. The van der Waals surface area contributed by atoms with E-state index in [9.17, 15) is 0 Å². The monoisotopic (exact) mass is 192 g/mol. The zero-order valence-electron chi connectivity index (χ0n) is 7.52. The molecule has 0 aliphatic heterocycles. The van der Waals surface area contributed by atoms with Crippen molar-refractivity contribution in [2.75, 3.05) is 6.16 Å². The average Bonchev–Trinajstić information content (AvgIpc) is 1.79. The Hall–Kier alpha value is 0.720. The molecule has 0 saturated heterocycles. The molecule has 0 nitrogen and oxygen atoms in total. The molecule has 1 atom stereocenters. The third-order valence-corrected chi connectivity index (χ3v) is 5.72. The van der Waals surface area contributed by atoms with E-state index < -0.39 is 0 Å². The largest absolute Gasteiger partial charge is 0.0961 e. The normalized spacial score (nSPS) is 21.8. The van der Waals surface area contributed by atoms with E-state index in [1.54, 1.807) is 0 Å². The summed E-state index contributed by atoms with van der Waals surface area (Å²) in [6, 6.07) is 0. The lowest BCUT2D eigenvalue weighted by molar-refractivity contribution is 0.514. The van der Waals surface area contributed by atoms with Crippen molar-refractivity contribution in [3.8, 4) is 0 Å². The molecule has 1 aliphatic rings. The van der Waals surface area contributed by atoms with E-state index in [4.69, 9.17) is 11.2 Å². The van der Waals surface area contributed by atoms with Crippen LogP contribution in [-0.2, 0) is 0 Å². The van der Waals surface area contributed by atoms with Crippen molar-refractivity contribution in [3.05, 3.63) is 0 Å². The minimum atomic E-state index is -0.115. The molecule has 0 aromatic carbocycles. The van der Waals surface area contributed by atoms with Gasteiger partial charge in [-0.05, 0) is 44.3 Å². The average molecular weight is 193 g/mol. The van der Waals surface area contributed by atoms with Crippen LogP contribution in [-0.4, -0.2) is 11.8 Å². The van der Waals surface area contributed by atoms with Gasteiger partial charge in [0.15, 0.2) is 0 Å². The van der Waals surface area contributed by atoms with Crippen molar-refractivity contribution in [3.63, 3.8) is 0 Å². The van der Waals surface area contributed by atoms with E-state index in [0.717, 1.165) is 11.6 Å². The van der Waals surface area contributed by atoms with Gasteiger partial charge < -0.3 is 0 Å². The van der Waals surface area contributed by atoms with Crippen LogP contribution in [0, 0.1) is 5.92 Å². The Kier molecular flexibility index (Phi) is 4.17. The first-order chi connectivity index (χ1) is 5.20. The van der Waals surface area contributed by atoms with Crippen LogP contribution in [0.15, 0.2) is 0 Å². The van der Waals surface area contributed by atoms with Crippen LogP contribution in [0.5, 0.6) is 0 Å². The highest BCUT2D eigenvalue weighted by Crippen LogP contribution is 2.54. The van der Waals surface area contributed by atoms with Gasteiger partial charge in [0.2, 0.25) is 0 Å². The molecule has 0 bridgehead atoms. The molecule has 0 heterocycles. The van der Waals surface area contributed by atoms with Crippen LogP contribution in [0.25, 0.3) is 0 Å². The van der Waals surface area contributed by atoms with Gasteiger partial charge in [0.25, 0.3) is 0 Å². The SMILES string of the molecule is CC(C)CCP(Cl)C1CCC1. The van der Waals surface area contributed by atoms with Gasteiger partial charge in [-0.3, -0.25) is 0 Å². The Balaban J connectivity index is 2.05. The Morgan fingerprint density at radius 3 is 2.45 bits per heavy atom. The highest BCUT2D eigenvalue weighted by Gasteiger charge is 2.24. The second kappa shape index (κ2) is 4.67. The van der Waals surface area contributed by atoms with Crippen molar-refractivity contribution < 1.29 is 0 Å². The van der Waals surface area contributed by atoms with Crippen LogP contribution in [0.4, 0.5) is 0 Å². The molecule has 0 aromatic rings. The smallest absolute Gasteiger partial charge is 0.00655 e. The number of hydrogen-bond donors (Lipinski definition) is 0. The molecule has 0 spiro atoms. The Morgan fingerprint density at radius 1 is 1.45 bits per heavy atom. The van der Waals surface area contributed by atoms with Gasteiger partial charge in [-0.25, -0.2) is 0 Å². The van der Waals surface area contributed by atoms with E-state index >= 15 is 0 Å². The maximum Gasteiger partial charge on any atom is -0.00655 e. The highest BCUT2D eigenvalue weighted by molar-refractivity contribution is 7.84. The van der Waals surface area contributed by atoms with Crippen LogP contribution >= 0.6 is 18.5 Å². The second-order valence-electron chi connectivity index (χ2n) is 3.89. The minimum Gasteiger partial charge on any atom is -0.0961 e. The summed E-state index contributed by atoms with van der Waals surface area (Å²) in [5.74, 6) is 0.832. The summed E-state index contributed by atoms with van der Waals surface area (Å²) in [6.07, 6.45) is 6.86. The molecule has 1 rings (SSSR count). The lowest BCUT2D eigenvalue weighted by Gasteiger charge is -2.30. The standard InChI is InChI=1S/C9H18ClP/c1-8(2)6-7-11(10)9-4-3-5-9/h8-9H,3-7H2,1-2H3. The molecule has 0 amide bonds. The lowest BCUT2D eigenvalue weighted by atomic mass is 10.00. The topological polar surface area (TPSA) is 0 Å². The quantitative estimate of drug-likeness (QED) is 0.585. The molecule has 66 valence electrons. The van der Waals surface area contributed by atoms with Gasteiger partial charge in [0.1, 0.15) is 0 Å². The van der Waals surface area contributed by atoms with Gasteiger partial charge in [-0.2, -0.15) is 0 Å². The first-order valence-electron chi connectivity index (χ1n) is 4.62. The summed E-state index contributed by atoms with van der Waals surface area (Å²) in [4.78, 5) is 0. The first kappa shape index (κ1) is 9.81. The highest BCUT2D eigenvalue weighted by atomic mass is 35.7. The predicted molar refractivity (Wildman–Crippen MR) is 54.7 cm³/mol. The zero-order valence-corrected chi connectivity index (χ0v) is 9.17. The van der Waals surface area contributed by atoms with E-state index in [2.05, 4.69) is 13.8 Å². The third-order valence-electron chi connectivity index (χ3n) is 2.39. The van der Waals surface area contributed by atoms with Gasteiger partial charge in [-0.1, -0.05) is 31.5 Å². The fourth-order valence-corrected chi connectivity index (χ4v) is 4.16. The maximum absolute atomic E-state index is 6.29. The van der Waals surface area contributed by atoms with Crippen LogP contribution in [0.2, 0.25) is 0 Å². The summed E-state index contributed by atoms with van der Waals surface area (Å²) >= 11 is 6.29. The molecule has 0 N–H and O–H groups in total. The van der Waals surface area contributed by atoms with Gasteiger partial charge >= 0.3 is 0 Å². The predicted octanol–water partition coefficient (Wildman–Crippen LogP) is 4.22. The molecule has 1 aliphatic carbocycles. The summed E-state index contributed by atoms with van der Waals surface area (Å²) in [5.41, 5.74) is 0.922. The maximum atomic E-state index is 6.29. The van der Waals surface area contributed by atoms with Crippen molar-refractivity contribution in [2.45, 2.75) is 45.2 Å². The summed E-state index contributed by atoms with van der Waals surface area (Å²) in [5, 5.41) is 0. The molecule has 2 heteroatoms. The van der Waals surface area contributed by atoms with E-state index in [-0.39, 0.29) is 7.27 Å². The van der Waals surface area contributed by atoms with Gasteiger partial charge in [-0.15, -0.1) is 0 Å². The van der Waals surface area contributed by atoms with Crippen LogP contribution in [0.3, 0.4) is 0 Å². The molecule has 1 unspecified atom stereocenters. The molecule has 0 radical (unpaired) electrons. The Morgan fingerprint density at radius 2 is 2.09 bits per heavy atom. The molecular weight excluding hydrogens is 175 g/mol. The van der Waals surface area contributed by atoms with Crippen molar-refractivity contribution in [1.29, 1.82) is 0 Å². The Labute approximate surface area is 76.2 Å². The molecule has 1 saturated carbocycles. The van der Waals surface area contributed by atoms with E-state index in [1.165, 1.54) is 31.8 Å². The van der Waals surface area contributed by atoms with Crippen LogP contribution < -0.4 is 0 Å². The van der Waals surface area contributed by atoms with Crippen molar-refractivity contribution >= 4 is 18.5 Å². The Bertz CT molecular complexity index is 110. The summed E-state index contributed by atoms with van der Waals surface area (Å²) in [7, 11) is -0.115. The minimum absolute atomic E-state index is 0.115. The third kappa shape index (κ3) is 3.30. The van der Waals surface area contributed by atoms with E-state index in [0.29, 0.717) is 0 Å². The molecular formula is C9H18ClP.